The molecule has 2 aromatic carbocycles. The summed E-state index contributed by atoms with van der Waals surface area (Å²) in [5.41, 5.74) is 1.18. The van der Waals surface area contributed by atoms with Gasteiger partial charge in [0.1, 0.15) is 0 Å². The van der Waals surface area contributed by atoms with Crippen LogP contribution in [0.1, 0.15) is 56.3 Å². The second-order valence-electron chi connectivity index (χ2n) is 8.30. The van der Waals surface area contributed by atoms with E-state index in [-0.39, 0.29) is 23.6 Å². The zero-order chi connectivity index (χ0) is 21.8. The Morgan fingerprint density at radius 3 is 2.55 bits per heavy atom. The van der Waals surface area contributed by atoms with Crippen molar-refractivity contribution in [2.24, 2.45) is 0 Å². The van der Waals surface area contributed by atoms with Crippen LogP contribution in [0.5, 0.6) is 11.5 Å². The van der Waals surface area contributed by atoms with E-state index in [0.717, 1.165) is 36.3 Å². The van der Waals surface area contributed by atoms with Gasteiger partial charge in [0.2, 0.25) is 5.91 Å². The number of amides is 2. The summed E-state index contributed by atoms with van der Waals surface area (Å²) in [6, 6.07) is 12.9. The highest BCUT2D eigenvalue weighted by Gasteiger charge is 2.42. The van der Waals surface area contributed by atoms with Crippen molar-refractivity contribution in [2.45, 2.75) is 62.7 Å². The molecular formula is C24H28N2O4S. The lowest BCUT2D eigenvalue weighted by Gasteiger charge is -2.31. The van der Waals surface area contributed by atoms with Crippen molar-refractivity contribution in [3.8, 4) is 11.5 Å². The van der Waals surface area contributed by atoms with E-state index in [4.69, 9.17) is 9.47 Å². The van der Waals surface area contributed by atoms with Crippen LogP contribution in [0.15, 0.2) is 47.4 Å². The number of hydrogen-bond acceptors (Lipinski definition) is 5. The van der Waals surface area contributed by atoms with E-state index in [2.05, 4.69) is 10.6 Å². The van der Waals surface area contributed by atoms with Crippen LogP contribution in [0.2, 0.25) is 0 Å². The Kier molecular flexibility index (Phi) is 6.41. The van der Waals surface area contributed by atoms with Crippen LogP contribution in [0.25, 0.3) is 0 Å². The van der Waals surface area contributed by atoms with Gasteiger partial charge in [-0.3, -0.25) is 9.59 Å². The molecule has 31 heavy (non-hydrogen) atoms. The van der Waals surface area contributed by atoms with Gasteiger partial charge in [-0.1, -0.05) is 18.6 Å². The summed E-state index contributed by atoms with van der Waals surface area (Å²) >= 11 is 1.35. The van der Waals surface area contributed by atoms with Crippen LogP contribution in [0.3, 0.4) is 0 Å². The molecule has 2 N–H and O–H groups in total. The van der Waals surface area contributed by atoms with E-state index >= 15 is 0 Å². The average molecular weight is 441 g/mol. The van der Waals surface area contributed by atoms with Gasteiger partial charge >= 0.3 is 0 Å². The Morgan fingerprint density at radius 1 is 1.03 bits per heavy atom. The summed E-state index contributed by atoms with van der Waals surface area (Å²) in [7, 11) is 0. The molecule has 7 heteroatoms. The minimum absolute atomic E-state index is 0.0531. The Balaban J connectivity index is 1.43. The van der Waals surface area contributed by atoms with Gasteiger partial charge in [-0.2, -0.15) is 0 Å². The second kappa shape index (κ2) is 9.22. The number of rotatable bonds is 6. The lowest BCUT2D eigenvalue weighted by molar-refractivity contribution is -0.119. The van der Waals surface area contributed by atoms with Crippen molar-refractivity contribution in [3.05, 3.63) is 48.0 Å². The van der Waals surface area contributed by atoms with Crippen LogP contribution in [0.4, 0.5) is 5.69 Å². The predicted molar refractivity (Wildman–Crippen MR) is 122 cm³/mol. The standard InChI is InChI=1S/C24H28N2O4S/c1-16(2)25-22(27)15-31-21-9-5-4-8-18(21)23(28)26-17-10-11-19-20(14-17)30-24(29-19)12-6-3-7-13-24/h4-5,8-11,14,16H,3,6-7,12-13,15H2,1-2H3,(H,25,27)(H,26,28). The Hall–Kier alpha value is -2.67. The predicted octanol–water partition coefficient (Wildman–Crippen LogP) is 4.99. The minimum atomic E-state index is -0.539. The number of ether oxygens (including phenoxy) is 2. The SMILES string of the molecule is CC(C)NC(=O)CSc1ccccc1C(=O)Nc1ccc2c(c1)OC1(CCCCC1)O2. The first-order valence-electron chi connectivity index (χ1n) is 10.8. The molecule has 2 aliphatic rings. The molecule has 0 unspecified atom stereocenters. The minimum Gasteiger partial charge on any atom is -0.448 e. The molecule has 4 rings (SSSR count). The smallest absolute Gasteiger partial charge is 0.256 e. The van der Waals surface area contributed by atoms with Crippen molar-refractivity contribution in [1.82, 2.24) is 5.32 Å². The lowest BCUT2D eigenvalue weighted by atomic mass is 9.94. The van der Waals surface area contributed by atoms with E-state index in [9.17, 15) is 9.59 Å². The van der Waals surface area contributed by atoms with Gasteiger partial charge in [-0.25, -0.2) is 0 Å². The molecule has 6 nitrogen and oxygen atoms in total. The molecule has 1 aliphatic carbocycles. The summed E-state index contributed by atoms with van der Waals surface area (Å²) < 4.78 is 12.3. The van der Waals surface area contributed by atoms with E-state index in [1.54, 1.807) is 6.07 Å². The van der Waals surface area contributed by atoms with Crippen LogP contribution >= 0.6 is 11.8 Å². The quantitative estimate of drug-likeness (QED) is 0.619. The van der Waals surface area contributed by atoms with Crippen LogP contribution < -0.4 is 20.1 Å². The monoisotopic (exact) mass is 440 g/mol. The van der Waals surface area contributed by atoms with E-state index in [1.807, 2.05) is 50.2 Å². The first-order valence-corrected chi connectivity index (χ1v) is 11.8. The summed E-state index contributed by atoms with van der Waals surface area (Å²) in [5, 5.41) is 5.81. The average Bonchev–Trinajstić information content (AvgIpc) is 3.09. The number of anilines is 1. The molecule has 164 valence electrons. The van der Waals surface area contributed by atoms with Crippen molar-refractivity contribution < 1.29 is 19.1 Å². The number of carbonyl (C=O) groups excluding carboxylic acids is 2. The fourth-order valence-electron chi connectivity index (χ4n) is 3.95. The highest BCUT2D eigenvalue weighted by atomic mass is 32.2. The maximum Gasteiger partial charge on any atom is 0.256 e. The van der Waals surface area contributed by atoms with Gasteiger partial charge in [0.05, 0.1) is 11.3 Å². The highest BCUT2D eigenvalue weighted by molar-refractivity contribution is 8.00. The summed E-state index contributed by atoms with van der Waals surface area (Å²) in [5.74, 6) is 0.846. The zero-order valence-electron chi connectivity index (χ0n) is 17.9. The highest BCUT2D eigenvalue weighted by Crippen LogP contribution is 2.46. The number of fused-ring (bicyclic) bond motifs is 1. The number of carbonyl (C=O) groups is 2. The fourth-order valence-corrected chi connectivity index (χ4v) is 4.81. The van der Waals surface area contributed by atoms with E-state index < -0.39 is 5.79 Å². The molecule has 2 amide bonds. The van der Waals surface area contributed by atoms with Crippen molar-refractivity contribution in [1.29, 1.82) is 0 Å². The van der Waals surface area contributed by atoms with Gasteiger partial charge < -0.3 is 20.1 Å². The molecule has 1 heterocycles. The van der Waals surface area contributed by atoms with Crippen LogP contribution in [0, 0.1) is 0 Å². The van der Waals surface area contributed by atoms with Gasteiger partial charge in [0.25, 0.3) is 11.7 Å². The molecule has 1 aliphatic heterocycles. The summed E-state index contributed by atoms with van der Waals surface area (Å²) in [6.45, 7) is 3.84. The summed E-state index contributed by atoms with van der Waals surface area (Å²) in [4.78, 5) is 25.7. The van der Waals surface area contributed by atoms with Crippen molar-refractivity contribution in [2.75, 3.05) is 11.1 Å². The third kappa shape index (κ3) is 5.15. The zero-order valence-corrected chi connectivity index (χ0v) is 18.7. The Labute approximate surface area is 187 Å². The number of hydrogen-bond donors (Lipinski definition) is 2. The largest absolute Gasteiger partial charge is 0.448 e. The van der Waals surface area contributed by atoms with Gasteiger partial charge in [-0.05, 0) is 51.0 Å². The topological polar surface area (TPSA) is 76.7 Å². The molecule has 0 saturated heterocycles. The lowest BCUT2D eigenvalue weighted by Crippen LogP contribution is -2.40. The second-order valence-corrected chi connectivity index (χ2v) is 9.32. The molecule has 0 aromatic heterocycles. The van der Waals surface area contributed by atoms with Crippen molar-refractivity contribution in [3.63, 3.8) is 0 Å². The summed E-state index contributed by atoms with van der Waals surface area (Å²) in [6.07, 6.45) is 5.18. The van der Waals surface area contributed by atoms with Crippen molar-refractivity contribution >= 4 is 29.3 Å². The van der Waals surface area contributed by atoms with E-state index in [0.29, 0.717) is 17.0 Å². The molecule has 0 bridgehead atoms. The van der Waals surface area contributed by atoms with Crippen LogP contribution in [-0.2, 0) is 4.79 Å². The number of nitrogens with one attached hydrogen (secondary N) is 2. The molecule has 2 aromatic rings. The third-order valence-corrected chi connectivity index (χ3v) is 6.42. The van der Waals surface area contributed by atoms with Gasteiger partial charge in [0.15, 0.2) is 11.5 Å². The number of benzene rings is 2. The molecular weight excluding hydrogens is 412 g/mol. The maximum atomic E-state index is 13.0. The Bertz CT molecular complexity index is 970. The van der Waals surface area contributed by atoms with Gasteiger partial charge in [0, 0.05) is 35.5 Å². The normalized spacial score (nSPS) is 16.4. The number of thioether (sulfide) groups is 1. The molecule has 1 spiro atoms. The molecule has 1 fully saturated rings. The first-order chi connectivity index (χ1) is 14.9. The third-order valence-electron chi connectivity index (χ3n) is 5.35. The fraction of sp³-hybridized carbons (Fsp3) is 0.417. The molecule has 0 atom stereocenters. The molecule has 1 saturated carbocycles. The molecule has 0 radical (unpaired) electrons. The Morgan fingerprint density at radius 2 is 1.77 bits per heavy atom. The van der Waals surface area contributed by atoms with Gasteiger partial charge in [-0.15, -0.1) is 11.8 Å². The van der Waals surface area contributed by atoms with Crippen LogP contribution in [-0.4, -0.2) is 29.4 Å². The maximum absolute atomic E-state index is 13.0. The first kappa shape index (κ1) is 21.6. The van der Waals surface area contributed by atoms with E-state index in [1.165, 1.54) is 18.2 Å².